The topological polar surface area (TPSA) is 107 Å². The number of fused-ring (bicyclic) bond motifs is 1. The molecule has 0 aliphatic heterocycles. The van der Waals surface area contributed by atoms with Gasteiger partial charge in [-0.15, -0.1) is 0 Å². The zero-order chi connectivity index (χ0) is 21.1. The lowest BCUT2D eigenvalue weighted by Crippen LogP contribution is -2.06. The van der Waals surface area contributed by atoms with Crippen LogP contribution in [-0.4, -0.2) is 29.2 Å². The number of aromatic nitrogens is 3. The molecule has 8 nitrogen and oxygen atoms in total. The Hall–Kier alpha value is -4.07. The summed E-state index contributed by atoms with van der Waals surface area (Å²) in [6.45, 7) is 1.97. The van der Waals surface area contributed by atoms with E-state index in [0.29, 0.717) is 34.5 Å². The average Bonchev–Trinajstić information content (AvgIpc) is 2.76. The van der Waals surface area contributed by atoms with Gasteiger partial charge in [0.25, 0.3) is 0 Å². The second-order valence-electron chi connectivity index (χ2n) is 6.63. The van der Waals surface area contributed by atoms with Crippen LogP contribution in [0.4, 0.5) is 28.7 Å². The molecule has 0 saturated carbocycles. The number of pyridine rings is 1. The van der Waals surface area contributed by atoms with Gasteiger partial charge in [-0.25, -0.2) is 9.97 Å². The van der Waals surface area contributed by atoms with Crippen LogP contribution in [0.5, 0.6) is 11.5 Å². The van der Waals surface area contributed by atoms with E-state index in [1.54, 1.807) is 20.3 Å². The lowest BCUT2D eigenvalue weighted by molar-refractivity contribution is 0.395. The number of anilines is 5. The van der Waals surface area contributed by atoms with Crippen molar-refractivity contribution in [2.24, 2.45) is 0 Å². The molecule has 0 fully saturated rings. The Labute approximate surface area is 174 Å². The maximum absolute atomic E-state index is 6.36. The van der Waals surface area contributed by atoms with Crippen LogP contribution in [0.1, 0.15) is 5.69 Å². The second kappa shape index (κ2) is 8.12. The first-order valence-electron chi connectivity index (χ1n) is 9.32. The van der Waals surface area contributed by atoms with Gasteiger partial charge in [0, 0.05) is 22.8 Å². The van der Waals surface area contributed by atoms with Crippen molar-refractivity contribution >= 4 is 39.6 Å². The fourth-order valence-electron chi connectivity index (χ4n) is 3.12. The van der Waals surface area contributed by atoms with Crippen LogP contribution in [0.2, 0.25) is 0 Å². The maximum atomic E-state index is 6.36. The van der Waals surface area contributed by atoms with E-state index in [0.717, 1.165) is 22.3 Å². The van der Waals surface area contributed by atoms with Crippen molar-refractivity contribution in [3.63, 3.8) is 0 Å². The third kappa shape index (κ3) is 3.75. The van der Waals surface area contributed by atoms with Gasteiger partial charge in [0.2, 0.25) is 0 Å². The van der Waals surface area contributed by atoms with Gasteiger partial charge in [-0.2, -0.15) is 0 Å². The summed E-state index contributed by atoms with van der Waals surface area (Å²) in [5, 5.41) is 7.48. The molecule has 2 aromatic heterocycles. The van der Waals surface area contributed by atoms with Crippen LogP contribution in [0, 0.1) is 6.92 Å². The highest BCUT2D eigenvalue weighted by atomic mass is 16.5. The first-order valence-corrected chi connectivity index (χ1v) is 9.32. The molecule has 0 aliphatic carbocycles. The quantitative estimate of drug-likeness (QED) is 0.435. The summed E-state index contributed by atoms with van der Waals surface area (Å²) in [5.41, 5.74) is 10.2. The number of hydrogen-bond donors (Lipinski definition) is 3. The van der Waals surface area contributed by atoms with E-state index in [9.17, 15) is 0 Å². The first kappa shape index (κ1) is 19.3. The molecule has 4 rings (SSSR count). The summed E-state index contributed by atoms with van der Waals surface area (Å²) >= 11 is 0. The van der Waals surface area contributed by atoms with E-state index < -0.39 is 0 Å². The molecule has 0 amide bonds. The number of rotatable bonds is 6. The molecule has 0 unspecified atom stereocenters. The van der Waals surface area contributed by atoms with E-state index in [1.807, 2.05) is 49.4 Å². The van der Waals surface area contributed by atoms with Gasteiger partial charge in [0.1, 0.15) is 23.5 Å². The van der Waals surface area contributed by atoms with Gasteiger partial charge in [0.05, 0.1) is 25.4 Å². The lowest BCUT2D eigenvalue weighted by atomic mass is 10.1. The van der Waals surface area contributed by atoms with E-state index in [1.165, 1.54) is 6.33 Å². The lowest BCUT2D eigenvalue weighted by Gasteiger charge is -2.15. The second-order valence-corrected chi connectivity index (χ2v) is 6.63. The molecular weight excluding hydrogens is 380 g/mol. The Morgan fingerprint density at radius 2 is 1.63 bits per heavy atom. The number of benzene rings is 2. The highest BCUT2D eigenvalue weighted by molar-refractivity contribution is 5.94. The number of nitrogen functional groups attached to an aromatic ring is 1. The van der Waals surface area contributed by atoms with Gasteiger partial charge >= 0.3 is 0 Å². The molecule has 8 heteroatoms. The zero-order valence-corrected chi connectivity index (χ0v) is 16.9. The predicted molar refractivity (Wildman–Crippen MR) is 119 cm³/mol. The van der Waals surface area contributed by atoms with Crippen molar-refractivity contribution < 1.29 is 9.47 Å². The summed E-state index contributed by atoms with van der Waals surface area (Å²) < 4.78 is 10.7. The van der Waals surface area contributed by atoms with Gasteiger partial charge in [-0.1, -0.05) is 6.07 Å². The minimum absolute atomic E-state index is 0.382. The van der Waals surface area contributed by atoms with Crippen molar-refractivity contribution in [1.82, 2.24) is 15.0 Å². The summed E-state index contributed by atoms with van der Waals surface area (Å²) in [4.78, 5) is 13.2. The van der Waals surface area contributed by atoms with Crippen molar-refractivity contribution in [3.8, 4) is 11.5 Å². The number of hydrogen-bond acceptors (Lipinski definition) is 8. The Kier molecular flexibility index (Phi) is 5.21. The van der Waals surface area contributed by atoms with Crippen molar-refractivity contribution in [2.75, 3.05) is 30.6 Å². The number of nitrogens with two attached hydrogens (primary N) is 1. The molecular formula is C22H22N6O2. The summed E-state index contributed by atoms with van der Waals surface area (Å²) in [6.07, 6.45) is 1.45. The molecule has 0 spiro atoms. The SMILES string of the molecule is COc1ccc(Nc2ncnc(Nc3cccc4nc(C)ccc34)c2N)c(OC)c1. The predicted octanol–water partition coefficient (Wildman–Crippen LogP) is 4.42. The largest absolute Gasteiger partial charge is 0.497 e. The minimum atomic E-state index is 0.382. The fraction of sp³-hybridized carbons (Fsp3) is 0.136. The Bertz CT molecular complexity index is 1210. The van der Waals surface area contributed by atoms with Crippen LogP contribution in [-0.2, 0) is 0 Å². The highest BCUT2D eigenvalue weighted by Gasteiger charge is 2.13. The van der Waals surface area contributed by atoms with Gasteiger partial charge < -0.3 is 25.8 Å². The number of methoxy groups -OCH3 is 2. The number of ether oxygens (including phenoxy) is 2. The highest BCUT2D eigenvalue weighted by Crippen LogP contribution is 2.35. The van der Waals surface area contributed by atoms with E-state index >= 15 is 0 Å². The van der Waals surface area contributed by atoms with E-state index in [4.69, 9.17) is 15.2 Å². The van der Waals surface area contributed by atoms with Gasteiger partial charge in [-0.3, -0.25) is 4.98 Å². The van der Waals surface area contributed by atoms with Crippen molar-refractivity contribution in [3.05, 3.63) is 60.6 Å². The Balaban J connectivity index is 1.66. The standard InChI is InChI=1S/C22H22N6O2/c1-13-7-9-15-16(26-13)5-4-6-17(15)27-21-20(23)22(25-12-24-21)28-18-10-8-14(29-2)11-19(18)30-3/h4-12H,23H2,1-3H3,(H2,24,25,27,28). The maximum Gasteiger partial charge on any atom is 0.159 e. The minimum Gasteiger partial charge on any atom is -0.497 e. The van der Waals surface area contributed by atoms with Crippen LogP contribution >= 0.6 is 0 Å². The Morgan fingerprint density at radius 3 is 2.37 bits per heavy atom. The van der Waals surface area contributed by atoms with Crippen LogP contribution in [0.3, 0.4) is 0 Å². The van der Waals surface area contributed by atoms with E-state index in [2.05, 4.69) is 25.6 Å². The molecule has 152 valence electrons. The number of nitrogens with one attached hydrogen (secondary N) is 2. The summed E-state index contributed by atoms with van der Waals surface area (Å²) in [6, 6.07) is 15.3. The molecule has 2 heterocycles. The molecule has 0 saturated heterocycles. The van der Waals surface area contributed by atoms with Crippen molar-refractivity contribution in [2.45, 2.75) is 6.92 Å². The van der Waals surface area contributed by atoms with Crippen LogP contribution in [0.15, 0.2) is 54.9 Å². The Morgan fingerprint density at radius 1 is 0.867 bits per heavy atom. The van der Waals surface area contributed by atoms with Gasteiger partial charge in [-0.05, 0) is 43.3 Å². The molecule has 4 aromatic rings. The van der Waals surface area contributed by atoms with E-state index in [-0.39, 0.29) is 0 Å². The third-order valence-corrected chi connectivity index (χ3v) is 4.67. The smallest absolute Gasteiger partial charge is 0.159 e. The molecule has 2 aromatic carbocycles. The number of nitrogens with zero attached hydrogens (tertiary/aromatic N) is 3. The average molecular weight is 402 g/mol. The van der Waals surface area contributed by atoms with Crippen LogP contribution in [0.25, 0.3) is 10.9 Å². The fourth-order valence-corrected chi connectivity index (χ4v) is 3.12. The summed E-state index contributed by atoms with van der Waals surface area (Å²) in [5.74, 6) is 2.26. The molecule has 0 bridgehead atoms. The first-order chi connectivity index (χ1) is 14.6. The summed E-state index contributed by atoms with van der Waals surface area (Å²) in [7, 11) is 3.19. The van der Waals surface area contributed by atoms with Crippen molar-refractivity contribution in [1.29, 1.82) is 0 Å². The third-order valence-electron chi connectivity index (χ3n) is 4.67. The molecule has 30 heavy (non-hydrogen) atoms. The molecule has 0 radical (unpaired) electrons. The number of aryl methyl sites for hydroxylation is 1. The normalized spacial score (nSPS) is 10.6. The molecule has 4 N–H and O–H groups in total. The molecule has 0 aliphatic rings. The van der Waals surface area contributed by atoms with Crippen LogP contribution < -0.4 is 25.8 Å². The molecule has 0 atom stereocenters. The van der Waals surface area contributed by atoms with Gasteiger partial charge in [0.15, 0.2) is 11.6 Å². The monoisotopic (exact) mass is 402 g/mol. The zero-order valence-electron chi connectivity index (χ0n) is 16.9.